The van der Waals surface area contributed by atoms with Crippen LogP contribution < -0.4 is 20.1 Å². The fourth-order valence-corrected chi connectivity index (χ4v) is 1.89. The molecule has 1 atom stereocenters. The summed E-state index contributed by atoms with van der Waals surface area (Å²) < 4.78 is 11.1. The summed E-state index contributed by atoms with van der Waals surface area (Å²) in [4.78, 5) is 17.5. The molecule has 7 nitrogen and oxygen atoms in total. The highest BCUT2D eigenvalue weighted by molar-refractivity contribution is 5.84. The number of methoxy groups -OCH3 is 1. The Morgan fingerprint density at radius 2 is 2.00 bits per heavy atom. The molecule has 140 valence electrons. The van der Waals surface area contributed by atoms with E-state index in [1.165, 1.54) is 4.90 Å². The molecule has 0 aliphatic carbocycles. The summed E-state index contributed by atoms with van der Waals surface area (Å²) in [5, 5.41) is 6.40. The lowest BCUT2D eigenvalue weighted by Crippen LogP contribution is -2.42. The van der Waals surface area contributed by atoms with Crippen LogP contribution in [0.25, 0.3) is 0 Å². The lowest BCUT2D eigenvalue weighted by Gasteiger charge is -2.18. The lowest BCUT2D eigenvalue weighted by atomic mass is 10.3. The zero-order valence-electron chi connectivity index (χ0n) is 15.8. The topological polar surface area (TPSA) is 75.2 Å². The van der Waals surface area contributed by atoms with E-state index in [0.717, 1.165) is 24.5 Å². The summed E-state index contributed by atoms with van der Waals surface area (Å²) in [5.41, 5.74) is 0. The Morgan fingerprint density at radius 1 is 1.28 bits per heavy atom. The van der Waals surface area contributed by atoms with Gasteiger partial charge in [-0.1, -0.05) is 13.0 Å². The number of carbonyl (C=O) groups excluding carboxylic acids is 1. The first kappa shape index (κ1) is 20.6. The number of nitrogens with zero attached hydrogens (tertiary/aromatic N) is 2. The van der Waals surface area contributed by atoms with Gasteiger partial charge in [0.25, 0.3) is 0 Å². The van der Waals surface area contributed by atoms with Crippen LogP contribution in [-0.2, 0) is 4.79 Å². The minimum Gasteiger partial charge on any atom is -0.497 e. The first-order chi connectivity index (χ1) is 12.0. The van der Waals surface area contributed by atoms with E-state index in [1.54, 1.807) is 21.2 Å². The minimum absolute atomic E-state index is 0.0433. The number of guanidine groups is 1. The molecule has 0 aromatic heterocycles. The molecule has 0 aliphatic heterocycles. The van der Waals surface area contributed by atoms with Crippen molar-refractivity contribution in [1.29, 1.82) is 0 Å². The average molecular weight is 350 g/mol. The maximum Gasteiger partial charge on any atom is 0.243 e. The van der Waals surface area contributed by atoms with E-state index in [9.17, 15) is 4.79 Å². The monoisotopic (exact) mass is 350 g/mol. The molecule has 7 heteroatoms. The quantitative estimate of drug-likeness (QED) is 0.521. The molecule has 1 aromatic carbocycles. The van der Waals surface area contributed by atoms with Gasteiger partial charge in [0.05, 0.1) is 13.7 Å². The average Bonchev–Trinajstić information content (AvgIpc) is 2.60. The van der Waals surface area contributed by atoms with Crippen molar-refractivity contribution >= 4 is 11.9 Å². The van der Waals surface area contributed by atoms with E-state index in [1.807, 2.05) is 31.2 Å². The Balaban J connectivity index is 2.55. The third kappa shape index (κ3) is 8.28. The molecule has 0 saturated heterocycles. The molecule has 1 rings (SSSR count). The molecule has 0 spiro atoms. The Morgan fingerprint density at radius 3 is 2.64 bits per heavy atom. The molecule has 0 fully saturated rings. The fraction of sp³-hybridized carbons (Fsp3) is 0.556. The van der Waals surface area contributed by atoms with Crippen LogP contribution in [0.4, 0.5) is 0 Å². The van der Waals surface area contributed by atoms with Crippen molar-refractivity contribution in [2.75, 3.05) is 40.8 Å². The van der Waals surface area contributed by atoms with Gasteiger partial charge in [-0.3, -0.25) is 4.79 Å². The van der Waals surface area contributed by atoms with E-state index in [2.05, 4.69) is 22.5 Å². The third-order valence-electron chi connectivity index (χ3n) is 3.35. The van der Waals surface area contributed by atoms with Crippen LogP contribution in [0.15, 0.2) is 29.3 Å². The van der Waals surface area contributed by atoms with Crippen LogP contribution in [0.2, 0.25) is 0 Å². The molecule has 0 aliphatic rings. The van der Waals surface area contributed by atoms with E-state index in [0.29, 0.717) is 12.5 Å². The van der Waals surface area contributed by atoms with Gasteiger partial charge >= 0.3 is 0 Å². The van der Waals surface area contributed by atoms with Gasteiger partial charge in [-0.25, -0.2) is 4.99 Å². The molecular formula is C18H30N4O3. The summed E-state index contributed by atoms with van der Waals surface area (Å²) >= 11 is 0. The fourth-order valence-electron chi connectivity index (χ4n) is 1.89. The number of hydrogen-bond acceptors (Lipinski definition) is 4. The molecule has 0 heterocycles. The van der Waals surface area contributed by atoms with E-state index in [-0.39, 0.29) is 18.6 Å². The first-order valence-corrected chi connectivity index (χ1v) is 8.49. The predicted molar refractivity (Wildman–Crippen MR) is 100 cm³/mol. The van der Waals surface area contributed by atoms with Crippen molar-refractivity contribution in [2.24, 2.45) is 4.99 Å². The number of carbonyl (C=O) groups is 1. The third-order valence-corrected chi connectivity index (χ3v) is 3.35. The Kier molecular flexibility index (Phi) is 9.21. The van der Waals surface area contributed by atoms with Crippen LogP contribution >= 0.6 is 0 Å². The summed E-state index contributed by atoms with van der Waals surface area (Å²) in [5.74, 6) is 2.07. The zero-order chi connectivity index (χ0) is 18.7. The van der Waals surface area contributed by atoms with Crippen LogP contribution in [0.5, 0.6) is 11.5 Å². The van der Waals surface area contributed by atoms with Crippen LogP contribution in [0, 0.1) is 0 Å². The van der Waals surface area contributed by atoms with Gasteiger partial charge in [-0.2, -0.15) is 0 Å². The number of benzene rings is 1. The van der Waals surface area contributed by atoms with Crippen molar-refractivity contribution < 1.29 is 14.3 Å². The minimum atomic E-state index is -0.0784. The maximum atomic E-state index is 11.7. The second kappa shape index (κ2) is 11.2. The highest BCUT2D eigenvalue weighted by atomic mass is 16.5. The normalized spacial score (nSPS) is 12.3. The van der Waals surface area contributed by atoms with Crippen molar-refractivity contribution in [3.8, 4) is 11.5 Å². The van der Waals surface area contributed by atoms with Crippen molar-refractivity contribution in [3.63, 3.8) is 0 Å². The number of aliphatic imine (C=N–C) groups is 1. The number of hydrogen-bond donors (Lipinski definition) is 2. The Labute approximate surface area is 150 Å². The first-order valence-electron chi connectivity index (χ1n) is 8.49. The van der Waals surface area contributed by atoms with Crippen molar-refractivity contribution in [1.82, 2.24) is 15.5 Å². The molecule has 1 unspecified atom stereocenters. The molecule has 0 saturated carbocycles. The van der Waals surface area contributed by atoms with Crippen LogP contribution in [0.1, 0.15) is 20.3 Å². The second-order valence-corrected chi connectivity index (χ2v) is 5.87. The number of ether oxygens (including phenoxy) is 2. The van der Waals surface area contributed by atoms with Gasteiger partial charge in [-0.05, 0) is 25.5 Å². The number of nitrogens with one attached hydrogen (secondary N) is 2. The summed E-state index contributed by atoms with van der Waals surface area (Å²) in [6.07, 6.45) is 0.892. The van der Waals surface area contributed by atoms with E-state index >= 15 is 0 Å². The molecule has 0 bridgehead atoms. The highest BCUT2D eigenvalue weighted by Crippen LogP contribution is 2.19. The second-order valence-electron chi connectivity index (χ2n) is 5.87. The van der Waals surface area contributed by atoms with Crippen molar-refractivity contribution in [3.05, 3.63) is 24.3 Å². The SMILES string of the molecule is CCCNC(=NCC(=O)N(C)C)NCC(C)Oc1cccc(OC)c1. The molecule has 1 amide bonds. The zero-order valence-corrected chi connectivity index (χ0v) is 15.8. The van der Waals surface area contributed by atoms with E-state index < -0.39 is 0 Å². The summed E-state index contributed by atoms with van der Waals surface area (Å²) in [6, 6.07) is 7.49. The molecule has 0 radical (unpaired) electrons. The van der Waals surface area contributed by atoms with E-state index in [4.69, 9.17) is 9.47 Å². The van der Waals surface area contributed by atoms with Crippen LogP contribution in [-0.4, -0.2) is 63.7 Å². The molecule has 25 heavy (non-hydrogen) atoms. The number of rotatable bonds is 9. The van der Waals surface area contributed by atoms with Gasteiger partial charge in [0, 0.05) is 26.7 Å². The largest absolute Gasteiger partial charge is 0.497 e. The number of amides is 1. The smallest absolute Gasteiger partial charge is 0.243 e. The molecular weight excluding hydrogens is 320 g/mol. The Hall–Kier alpha value is -2.44. The standard InChI is InChI=1S/C18H30N4O3/c1-6-10-19-18(21-13-17(23)22(3)4)20-12-14(2)25-16-9-7-8-15(11-16)24-5/h7-9,11,14H,6,10,12-13H2,1-5H3,(H2,19,20,21). The van der Waals surface area contributed by atoms with Gasteiger partial charge < -0.3 is 25.0 Å². The molecule has 1 aromatic rings. The van der Waals surface area contributed by atoms with Gasteiger partial charge in [-0.15, -0.1) is 0 Å². The van der Waals surface area contributed by atoms with Crippen LogP contribution in [0.3, 0.4) is 0 Å². The lowest BCUT2D eigenvalue weighted by molar-refractivity contribution is -0.127. The number of likely N-dealkylation sites (N-methyl/N-ethyl adjacent to an activating group) is 1. The maximum absolute atomic E-state index is 11.7. The van der Waals surface area contributed by atoms with Gasteiger partial charge in [0.2, 0.25) is 5.91 Å². The summed E-state index contributed by atoms with van der Waals surface area (Å²) in [7, 11) is 5.06. The highest BCUT2D eigenvalue weighted by Gasteiger charge is 2.08. The molecule has 2 N–H and O–H groups in total. The Bertz CT molecular complexity index is 561. The van der Waals surface area contributed by atoms with Gasteiger partial charge in [0.15, 0.2) is 5.96 Å². The van der Waals surface area contributed by atoms with Gasteiger partial charge in [0.1, 0.15) is 24.1 Å². The summed E-state index contributed by atoms with van der Waals surface area (Å²) in [6.45, 7) is 5.49. The predicted octanol–water partition coefficient (Wildman–Crippen LogP) is 1.50. The van der Waals surface area contributed by atoms with Crippen molar-refractivity contribution in [2.45, 2.75) is 26.4 Å².